The van der Waals surface area contributed by atoms with Crippen molar-refractivity contribution in [1.29, 1.82) is 0 Å². The van der Waals surface area contributed by atoms with Crippen LogP contribution in [0.2, 0.25) is 0 Å². The molecule has 0 aromatic rings. The highest BCUT2D eigenvalue weighted by molar-refractivity contribution is 7.80. The van der Waals surface area contributed by atoms with Gasteiger partial charge in [-0.2, -0.15) is 0 Å². The van der Waals surface area contributed by atoms with Crippen LogP contribution in [0.25, 0.3) is 0 Å². The highest BCUT2D eigenvalue weighted by Gasteiger charge is 2.45. The number of amides is 1. The minimum Gasteiger partial charge on any atom is -0.392 e. The van der Waals surface area contributed by atoms with Gasteiger partial charge in [-0.05, 0) is 39.3 Å². The molecule has 0 radical (unpaired) electrons. The number of nitrogens with zero attached hydrogens (tertiary/aromatic N) is 2. The maximum Gasteiger partial charge on any atom is 0.235 e. The number of carbonyl (C=O) groups is 1. The van der Waals surface area contributed by atoms with Gasteiger partial charge in [-0.25, -0.2) is 0 Å². The van der Waals surface area contributed by atoms with Crippen molar-refractivity contribution in [2.45, 2.75) is 31.7 Å². The summed E-state index contributed by atoms with van der Waals surface area (Å²) in [5.41, 5.74) is 5.20. The van der Waals surface area contributed by atoms with Crippen molar-refractivity contribution in [3.63, 3.8) is 0 Å². The van der Waals surface area contributed by atoms with Gasteiger partial charge in [0.15, 0.2) is 0 Å². The first-order valence-electron chi connectivity index (χ1n) is 7.31. The first kappa shape index (κ1) is 15.7. The lowest BCUT2D eigenvalue weighted by molar-refractivity contribution is -0.141. The molecule has 2 fully saturated rings. The zero-order valence-electron chi connectivity index (χ0n) is 12.4. The van der Waals surface area contributed by atoms with Gasteiger partial charge in [0.05, 0.1) is 4.99 Å². The predicted octanol–water partition coefficient (Wildman–Crippen LogP) is 0.622. The minimum atomic E-state index is -0.695. The molecule has 2 aliphatic heterocycles. The van der Waals surface area contributed by atoms with Crippen molar-refractivity contribution < 1.29 is 9.53 Å². The molecule has 1 unspecified atom stereocenters. The van der Waals surface area contributed by atoms with Crippen LogP contribution in [-0.4, -0.2) is 67.1 Å². The fourth-order valence-electron chi connectivity index (χ4n) is 3.26. The van der Waals surface area contributed by atoms with Crippen LogP contribution in [0.1, 0.15) is 25.7 Å². The molecule has 0 aliphatic carbocycles. The summed E-state index contributed by atoms with van der Waals surface area (Å²) >= 11 is 5.19. The van der Waals surface area contributed by atoms with Gasteiger partial charge < -0.3 is 20.3 Å². The number of rotatable bonds is 4. The van der Waals surface area contributed by atoms with E-state index in [-0.39, 0.29) is 5.91 Å². The maximum atomic E-state index is 12.8. The third-order valence-electron chi connectivity index (χ3n) is 4.73. The molecule has 2 aliphatic rings. The highest BCUT2D eigenvalue weighted by Crippen LogP contribution is 2.33. The molecule has 0 saturated carbocycles. The van der Waals surface area contributed by atoms with E-state index in [1.165, 1.54) is 6.42 Å². The second kappa shape index (κ2) is 6.37. The number of likely N-dealkylation sites (N-methyl/N-ethyl adjacent to an activating group) is 2. The molecular formula is C14H25N3O2S. The lowest BCUT2D eigenvalue weighted by atomic mass is 9.78. The van der Waals surface area contributed by atoms with Gasteiger partial charge in [0.1, 0.15) is 5.41 Å². The molecule has 1 atom stereocenters. The molecule has 2 rings (SSSR count). The summed E-state index contributed by atoms with van der Waals surface area (Å²) in [7, 11) is 3.98. The number of hydrogen-bond donors (Lipinski definition) is 1. The summed E-state index contributed by atoms with van der Waals surface area (Å²) in [4.78, 5) is 17.3. The molecule has 0 aromatic carbocycles. The average Bonchev–Trinajstić information content (AvgIpc) is 2.84. The Labute approximate surface area is 126 Å². The first-order chi connectivity index (χ1) is 9.47. The van der Waals surface area contributed by atoms with Crippen LogP contribution in [-0.2, 0) is 9.53 Å². The lowest BCUT2D eigenvalue weighted by Crippen LogP contribution is -2.54. The zero-order chi connectivity index (χ0) is 14.8. The van der Waals surface area contributed by atoms with Gasteiger partial charge in [-0.3, -0.25) is 4.79 Å². The molecule has 2 heterocycles. The van der Waals surface area contributed by atoms with E-state index in [1.54, 1.807) is 0 Å². The third kappa shape index (κ3) is 2.97. The van der Waals surface area contributed by atoms with Gasteiger partial charge in [0, 0.05) is 32.8 Å². The van der Waals surface area contributed by atoms with Crippen LogP contribution < -0.4 is 5.73 Å². The summed E-state index contributed by atoms with van der Waals surface area (Å²) in [6, 6.07) is 0.451. The summed E-state index contributed by atoms with van der Waals surface area (Å²) < 4.78 is 5.36. The van der Waals surface area contributed by atoms with Crippen molar-refractivity contribution >= 4 is 23.1 Å². The van der Waals surface area contributed by atoms with E-state index >= 15 is 0 Å². The van der Waals surface area contributed by atoms with Crippen molar-refractivity contribution in [1.82, 2.24) is 9.80 Å². The Morgan fingerprint density at radius 2 is 2.15 bits per heavy atom. The fraction of sp³-hybridized carbons (Fsp3) is 0.857. The summed E-state index contributed by atoms with van der Waals surface area (Å²) in [5, 5.41) is 0. The van der Waals surface area contributed by atoms with Crippen molar-refractivity contribution in [2.75, 3.05) is 40.4 Å². The number of likely N-dealkylation sites (tertiary alicyclic amines) is 1. The van der Waals surface area contributed by atoms with E-state index in [0.717, 1.165) is 19.5 Å². The number of ether oxygens (including phenoxy) is 1. The smallest absolute Gasteiger partial charge is 0.235 e. The Morgan fingerprint density at radius 1 is 1.50 bits per heavy atom. The Balaban J connectivity index is 2.05. The van der Waals surface area contributed by atoms with Gasteiger partial charge in [-0.15, -0.1) is 0 Å². The average molecular weight is 299 g/mol. The Morgan fingerprint density at radius 3 is 2.65 bits per heavy atom. The molecule has 5 nitrogen and oxygen atoms in total. The van der Waals surface area contributed by atoms with Crippen LogP contribution in [0.3, 0.4) is 0 Å². The number of carbonyl (C=O) groups excluding carboxylic acids is 1. The van der Waals surface area contributed by atoms with Crippen LogP contribution in [0.5, 0.6) is 0 Å². The number of thiocarbonyl (C=S) groups is 1. The third-order valence-corrected chi connectivity index (χ3v) is 5.12. The first-order valence-corrected chi connectivity index (χ1v) is 7.71. The van der Waals surface area contributed by atoms with Crippen LogP contribution in [0, 0.1) is 5.41 Å². The molecule has 6 heteroatoms. The molecule has 2 N–H and O–H groups in total. The second-order valence-electron chi connectivity index (χ2n) is 6.02. The molecular weight excluding hydrogens is 274 g/mol. The standard InChI is InChI=1S/C14H25N3O2S/c1-16-7-3-4-11(16)10-17(2)13(18)14(12(15)20)5-8-19-9-6-14/h11H,3-10H2,1-2H3,(H2,15,20). The molecule has 0 spiro atoms. The number of hydrogen-bond acceptors (Lipinski definition) is 4. The largest absolute Gasteiger partial charge is 0.392 e. The molecule has 1 amide bonds. The van der Waals surface area contributed by atoms with Gasteiger partial charge in [-0.1, -0.05) is 12.2 Å². The fourth-order valence-corrected chi connectivity index (χ4v) is 3.55. The minimum absolute atomic E-state index is 0.0635. The van der Waals surface area contributed by atoms with Crippen LogP contribution in [0.4, 0.5) is 0 Å². The number of nitrogens with two attached hydrogens (primary N) is 1. The van der Waals surface area contributed by atoms with Crippen molar-refractivity contribution in [2.24, 2.45) is 11.1 Å². The molecule has 2 saturated heterocycles. The topological polar surface area (TPSA) is 58.8 Å². The predicted molar refractivity (Wildman–Crippen MR) is 82.6 cm³/mol. The highest BCUT2D eigenvalue weighted by atomic mass is 32.1. The Hall–Kier alpha value is -0.720. The summed E-state index contributed by atoms with van der Waals surface area (Å²) in [5.74, 6) is 0.0635. The van der Waals surface area contributed by atoms with Gasteiger partial charge >= 0.3 is 0 Å². The monoisotopic (exact) mass is 299 g/mol. The van der Waals surface area contributed by atoms with E-state index in [2.05, 4.69) is 11.9 Å². The van der Waals surface area contributed by atoms with E-state index in [0.29, 0.717) is 37.1 Å². The van der Waals surface area contributed by atoms with Gasteiger partial charge in [0.2, 0.25) is 5.91 Å². The molecule has 114 valence electrons. The van der Waals surface area contributed by atoms with E-state index in [4.69, 9.17) is 22.7 Å². The quantitative estimate of drug-likeness (QED) is 0.771. The van der Waals surface area contributed by atoms with E-state index < -0.39 is 5.41 Å². The molecule has 0 bridgehead atoms. The zero-order valence-corrected chi connectivity index (χ0v) is 13.2. The SMILES string of the molecule is CN(CC1CCCN1C)C(=O)C1(C(N)=S)CCOCC1. The normalized spacial score (nSPS) is 26.4. The maximum absolute atomic E-state index is 12.8. The summed E-state index contributed by atoms with van der Waals surface area (Å²) in [6.45, 7) is 2.97. The molecule has 0 aromatic heterocycles. The van der Waals surface area contributed by atoms with Crippen molar-refractivity contribution in [3.05, 3.63) is 0 Å². The Kier molecular flexibility index (Phi) is 4.99. The van der Waals surface area contributed by atoms with E-state index in [9.17, 15) is 4.79 Å². The van der Waals surface area contributed by atoms with Crippen LogP contribution in [0.15, 0.2) is 0 Å². The molecule has 20 heavy (non-hydrogen) atoms. The second-order valence-corrected chi connectivity index (χ2v) is 6.46. The summed E-state index contributed by atoms with van der Waals surface area (Å²) in [6.07, 6.45) is 3.56. The lowest BCUT2D eigenvalue weighted by Gasteiger charge is -2.38. The van der Waals surface area contributed by atoms with Crippen LogP contribution >= 0.6 is 12.2 Å². The van der Waals surface area contributed by atoms with Crippen molar-refractivity contribution in [3.8, 4) is 0 Å². The van der Waals surface area contributed by atoms with Gasteiger partial charge in [0.25, 0.3) is 0 Å². The van der Waals surface area contributed by atoms with E-state index in [1.807, 2.05) is 11.9 Å². The Bertz CT molecular complexity index is 383.